The zero-order valence-electron chi connectivity index (χ0n) is 10.7. The molecule has 0 aliphatic heterocycles. The number of nitrogens with one attached hydrogen (secondary N) is 1. The van der Waals surface area contributed by atoms with Crippen molar-refractivity contribution >= 4 is 5.91 Å². The number of carbonyl (C=O) groups is 1. The summed E-state index contributed by atoms with van der Waals surface area (Å²) in [6, 6.07) is 7.13. The predicted molar refractivity (Wildman–Crippen MR) is 67.3 cm³/mol. The Morgan fingerprint density at radius 3 is 2.40 bits per heavy atom. The Morgan fingerprint density at radius 1 is 1.35 bits per heavy atom. The van der Waals surface area contributed by atoms with E-state index in [9.17, 15) is 18.0 Å². The molecule has 3 N–H and O–H groups in total. The van der Waals surface area contributed by atoms with Gasteiger partial charge in [-0.3, -0.25) is 15.1 Å². The first-order chi connectivity index (χ1) is 9.42. The highest BCUT2D eigenvalue weighted by molar-refractivity contribution is 5.82. The van der Waals surface area contributed by atoms with E-state index in [-0.39, 0.29) is 6.04 Å². The van der Waals surface area contributed by atoms with Crippen LogP contribution in [0.1, 0.15) is 24.4 Å². The minimum Gasteiger partial charge on any atom is -0.293 e. The highest BCUT2D eigenvalue weighted by atomic mass is 19.4. The number of nitrogens with zero attached hydrogens (tertiary/aromatic N) is 1. The van der Waals surface area contributed by atoms with Gasteiger partial charge in [-0.25, -0.2) is 5.84 Å². The fourth-order valence-corrected chi connectivity index (χ4v) is 2.25. The van der Waals surface area contributed by atoms with Crippen LogP contribution in [0, 0.1) is 0 Å². The molecule has 1 atom stereocenters. The van der Waals surface area contributed by atoms with Crippen molar-refractivity contribution in [3.8, 4) is 0 Å². The van der Waals surface area contributed by atoms with Gasteiger partial charge in [0.1, 0.15) is 6.04 Å². The second-order valence-electron chi connectivity index (χ2n) is 4.84. The van der Waals surface area contributed by atoms with Crippen molar-refractivity contribution < 1.29 is 18.0 Å². The van der Waals surface area contributed by atoms with E-state index < -0.39 is 24.7 Å². The number of amides is 1. The highest BCUT2D eigenvalue weighted by Gasteiger charge is 2.43. The Labute approximate surface area is 114 Å². The van der Waals surface area contributed by atoms with Crippen LogP contribution in [0.2, 0.25) is 0 Å². The topological polar surface area (TPSA) is 58.4 Å². The molecule has 1 saturated carbocycles. The fraction of sp³-hybridized carbons (Fsp3) is 0.462. The summed E-state index contributed by atoms with van der Waals surface area (Å²) < 4.78 is 38.2. The van der Waals surface area contributed by atoms with Gasteiger partial charge in [0.25, 0.3) is 5.91 Å². The van der Waals surface area contributed by atoms with Crippen LogP contribution in [-0.4, -0.2) is 29.6 Å². The molecule has 0 aromatic heterocycles. The van der Waals surface area contributed by atoms with Gasteiger partial charge in [0.2, 0.25) is 0 Å². The first-order valence-electron chi connectivity index (χ1n) is 6.30. The zero-order chi connectivity index (χ0) is 14.8. The van der Waals surface area contributed by atoms with Crippen molar-refractivity contribution in [1.29, 1.82) is 0 Å². The van der Waals surface area contributed by atoms with Crippen molar-refractivity contribution in [1.82, 2.24) is 10.3 Å². The molecule has 7 heteroatoms. The van der Waals surface area contributed by atoms with Gasteiger partial charge in [-0.2, -0.15) is 13.2 Å². The standard InChI is InChI=1S/C13H16F3N3O/c14-13(15,16)8-19(10-6-7-10)11(12(20)18-17)9-4-2-1-3-5-9/h1-5,10-11H,6-8,17H2,(H,18,20). The molecule has 1 aromatic carbocycles. The first-order valence-corrected chi connectivity index (χ1v) is 6.30. The first kappa shape index (κ1) is 14.8. The molecule has 0 saturated heterocycles. The van der Waals surface area contributed by atoms with E-state index >= 15 is 0 Å². The number of halogens is 3. The van der Waals surface area contributed by atoms with Crippen molar-refractivity contribution in [2.75, 3.05) is 6.54 Å². The third kappa shape index (κ3) is 3.71. The molecule has 4 nitrogen and oxygen atoms in total. The monoisotopic (exact) mass is 287 g/mol. The minimum absolute atomic E-state index is 0.223. The molecule has 1 fully saturated rings. The van der Waals surface area contributed by atoms with E-state index in [1.165, 1.54) is 4.90 Å². The molecule has 1 aliphatic carbocycles. The summed E-state index contributed by atoms with van der Waals surface area (Å²) in [5.41, 5.74) is 2.47. The lowest BCUT2D eigenvalue weighted by Crippen LogP contribution is -2.47. The van der Waals surface area contributed by atoms with Gasteiger partial charge in [0.15, 0.2) is 0 Å². The molecule has 0 heterocycles. The zero-order valence-corrected chi connectivity index (χ0v) is 10.7. The average molecular weight is 287 g/mol. The van der Waals surface area contributed by atoms with Crippen LogP contribution in [0.4, 0.5) is 13.2 Å². The van der Waals surface area contributed by atoms with Crippen LogP contribution in [0.25, 0.3) is 0 Å². The lowest BCUT2D eigenvalue weighted by Gasteiger charge is -2.31. The lowest BCUT2D eigenvalue weighted by atomic mass is 10.0. The molecule has 1 unspecified atom stereocenters. The Balaban J connectivity index is 2.30. The second-order valence-corrected chi connectivity index (χ2v) is 4.84. The predicted octanol–water partition coefficient (Wildman–Crippen LogP) is 1.74. The maximum atomic E-state index is 12.7. The summed E-state index contributed by atoms with van der Waals surface area (Å²) >= 11 is 0. The molecule has 0 bridgehead atoms. The Kier molecular flexibility index (Phi) is 4.29. The van der Waals surface area contributed by atoms with Gasteiger partial charge in [0, 0.05) is 6.04 Å². The third-order valence-electron chi connectivity index (χ3n) is 3.22. The molecule has 1 aromatic rings. The van der Waals surface area contributed by atoms with E-state index in [0.717, 1.165) is 0 Å². The maximum Gasteiger partial charge on any atom is 0.401 e. The summed E-state index contributed by atoms with van der Waals surface area (Å²) in [6.07, 6.45) is -3.03. The van der Waals surface area contributed by atoms with Crippen molar-refractivity contribution in [3.05, 3.63) is 35.9 Å². The van der Waals surface area contributed by atoms with Crippen molar-refractivity contribution in [3.63, 3.8) is 0 Å². The fourth-order valence-electron chi connectivity index (χ4n) is 2.25. The summed E-state index contributed by atoms with van der Waals surface area (Å²) in [7, 11) is 0. The van der Waals surface area contributed by atoms with Gasteiger partial charge in [-0.15, -0.1) is 0 Å². The van der Waals surface area contributed by atoms with E-state index in [1.54, 1.807) is 30.3 Å². The van der Waals surface area contributed by atoms with Gasteiger partial charge in [-0.05, 0) is 18.4 Å². The number of hydrogen-bond acceptors (Lipinski definition) is 3. The largest absolute Gasteiger partial charge is 0.401 e. The van der Waals surface area contributed by atoms with Crippen molar-refractivity contribution in [2.24, 2.45) is 5.84 Å². The molecule has 0 spiro atoms. The molecule has 0 radical (unpaired) electrons. The smallest absolute Gasteiger partial charge is 0.293 e. The molecule has 1 amide bonds. The molecular weight excluding hydrogens is 271 g/mol. The van der Waals surface area contributed by atoms with Gasteiger partial charge >= 0.3 is 6.18 Å². The summed E-state index contributed by atoms with van der Waals surface area (Å²) in [5.74, 6) is 4.49. The van der Waals surface area contributed by atoms with Crippen LogP contribution in [0.3, 0.4) is 0 Å². The van der Waals surface area contributed by atoms with Crippen LogP contribution >= 0.6 is 0 Å². The number of rotatable bonds is 5. The van der Waals surface area contributed by atoms with E-state index in [1.807, 2.05) is 5.43 Å². The molecule has 1 aliphatic rings. The van der Waals surface area contributed by atoms with Gasteiger partial charge < -0.3 is 0 Å². The quantitative estimate of drug-likeness (QED) is 0.493. The number of nitrogens with two attached hydrogens (primary N) is 1. The van der Waals surface area contributed by atoms with Crippen LogP contribution in [-0.2, 0) is 4.79 Å². The van der Waals surface area contributed by atoms with Crippen LogP contribution in [0.15, 0.2) is 30.3 Å². The number of hydrogen-bond donors (Lipinski definition) is 2. The number of alkyl halides is 3. The highest BCUT2D eigenvalue weighted by Crippen LogP contribution is 2.36. The molecule has 2 rings (SSSR count). The second kappa shape index (κ2) is 5.80. The van der Waals surface area contributed by atoms with E-state index in [0.29, 0.717) is 18.4 Å². The summed E-state index contributed by atoms with van der Waals surface area (Å²) in [5, 5.41) is 0. The maximum absolute atomic E-state index is 12.7. The molecular formula is C13H16F3N3O. The lowest BCUT2D eigenvalue weighted by molar-refractivity contribution is -0.157. The SMILES string of the molecule is NNC(=O)C(c1ccccc1)N(CC(F)(F)F)C1CC1. The minimum atomic E-state index is -4.36. The Morgan fingerprint density at radius 2 is 1.95 bits per heavy atom. The summed E-state index contributed by atoms with van der Waals surface area (Å²) in [6.45, 7) is -1.12. The number of hydrazine groups is 1. The Bertz CT molecular complexity index is 460. The molecule has 110 valence electrons. The van der Waals surface area contributed by atoms with Crippen LogP contribution < -0.4 is 11.3 Å². The van der Waals surface area contributed by atoms with Crippen LogP contribution in [0.5, 0.6) is 0 Å². The van der Waals surface area contributed by atoms with Gasteiger partial charge in [0.05, 0.1) is 6.54 Å². The molecule has 20 heavy (non-hydrogen) atoms. The summed E-state index contributed by atoms with van der Waals surface area (Å²) in [4.78, 5) is 13.1. The van der Waals surface area contributed by atoms with E-state index in [4.69, 9.17) is 5.84 Å². The third-order valence-corrected chi connectivity index (χ3v) is 3.22. The van der Waals surface area contributed by atoms with Crippen molar-refractivity contribution in [2.45, 2.75) is 31.1 Å². The number of benzene rings is 1. The van der Waals surface area contributed by atoms with E-state index in [2.05, 4.69) is 0 Å². The van der Waals surface area contributed by atoms with Gasteiger partial charge in [-0.1, -0.05) is 30.3 Å². The average Bonchev–Trinajstić information content (AvgIpc) is 3.21. The normalized spacial score (nSPS) is 17.1. The number of carbonyl (C=O) groups excluding carboxylic acids is 1. The Hall–Kier alpha value is -1.60.